The fourth-order valence-electron chi connectivity index (χ4n) is 3.10. The van der Waals surface area contributed by atoms with Gasteiger partial charge in [-0.1, -0.05) is 42.5 Å². The lowest BCUT2D eigenvalue weighted by Gasteiger charge is -2.15. The lowest BCUT2D eigenvalue weighted by Crippen LogP contribution is -2.37. The van der Waals surface area contributed by atoms with Gasteiger partial charge in [-0.3, -0.25) is 4.79 Å². The molecule has 1 amide bonds. The predicted molar refractivity (Wildman–Crippen MR) is 104 cm³/mol. The zero-order chi connectivity index (χ0) is 19.4. The fraction of sp³-hybridized carbons (Fsp3) is 0.350. The van der Waals surface area contributed by atoms with Crippen LogP contribution in [0.4, 0.5) is 0 Å². The summed E-state index contributed by atoms with van der Waals surface area (Å²) in [6, 6.07) is 14.6. The highest BCUT2D eigenvalue weighted by Crippen LogP contribution is 2.28. The van der Waals surface area contributed by atoms with E-state index in [1.165, 1.54) is 0 Å². The summed E-state index contributed by atoms with van der Waals surface area (Å²) >= 11 is 0. The van der Waals surface area contributed by atoms with Crippen LogP contribution in [0.25, 0.3) is 0 Å². The molecule has 2 N–H and O–H groups in total. The average Bonchev–Trinajstić information content (AvgIpc) is 3.03. The molecule has 0 bridgehead atoms. The van der Waals surface area contributed by atoms with E-state index < -0.39 is 16.1 Å². The highest BCUT2D eigenvalue weighted by atomic mass is 32.2. The van der Waals surface area contributed by atoms with E-state index in [1.54, 1.807) is 26.0 Å². The number of sulfonamides is 1. The first-order chi connectivity index (χ1) is 12.8. The van der Waals surface area contributed by atoms with Crippen molar-refractivity contribution in [3.8, 4) is 5.75 Å². The number of para-hydroxylation sites is 1. The van der Waals surface area contributed by atoms with Crippen molar-refractivity contribution in [2.45, 2.75) is 44.7 Å². The summed E-state index contributed by atoms with van der Waals surface area (Å²) in [5.41, 5.74) is 2.46. The van der Waals surface area contributed by atoms with Crippen LogP contribution in [-0.4, -0.2) is 26.5 Å². The monoisotopic (exact) mass is 388 g/mol. The first-order valence-corrected chi connectivity index (χ1v) is 10.6. The highest BCUT2D eigenvalue weighted by molar-refractivity contribution is 7.88. The molecule has 7 heteroatoms. The molecule has 0 spiro atoms. The van der Waals surface area contributed by atoms with Gasteiger partial charge in [-0.15, -0.1) is 0 Å². The summed E-state index contributed by atoms with van der Waals surface area (Å²) in [4.78, 5) is 12.5. The predicted octanol–water partition coefficient (Wildman–Crippen LogP) is 2.13. The Morgan fingerprint density at radius 1 is 1.11 bits per heavy atom. The van der Waals surface area contributed by atoms with Gasteiger partial charge in [0.2, 0.25) is 10.0 Å². The van der Waals surface area contributed by atoms with Gasteiger partial charge in [0.25, 0.3) is 5.91 Å². The van der Waals surface area contributed by atoms with E-state index in [0.29, 0.717) is 12.0 Å². The Hall–Kier alpha value is -2.38. The third kappa shape index (κ3) is 5.08. The quantitative estimate of drug-likeness (QED) is 0.761. The normalized spacial score (nSPS) is 16.0. The lowest BCUT2D eigenvalue weighted by molar-refractivity contribution is -0.127. The summed E-state index contributed by atoms with van der Waals surface area (Å²) in [5, 5.41) is 2.86. The summed E-state index contributed by atoms with van der Waals surface area (Å²) in [5.74, 6) is 0.413. The molecule has 0 saturated heterocycles. The summed E-state index contributed by atoms with van der Waals surface area (Å²) in [6.07, 6.45) is -0.0167. The van der Waals surface area contributed by atoms with Gasteiger partial charge in [0.15, 0.2) is 6.10 Å². The third-order valence-electron chi connectivity index (χ3n) is 4.27. The molecule has 1 atom stereocenters. The number of amides is 1. The molecule has 3 rings (SSSR count). The van der Waals surface area contributed by atoms with Crippen molar-refractivity contribution in [1.29, 1.82) is 0 Å². The van der Waals surface area contributed by atoms with Crippen molar-refractivity contribution in [2.24, 2.45) is 0 Å². The fourth-order valence-corrected chi connectivity index (χ4v) is 4.59. The SMILES string of the molecule is CC(C)NS(=O)(=O)Cc1ccccc1CNC(=O)[C@@H]1Cc2ccccc2O1. The largest absolute Gasteiger partial charge is 0.480 e. The minimum atomic E-state index is -3.43. The van der Waals surface area contributed by atoms with E-state index >= 15 is 0 Å². The second kappa shape index (κ2) is 8.10. The summed E-state index contributed by atoms with van der Waals surface area (Å²) < 4.78 is 32.7. The molecule has 0 unspecified atom stereocenters. The van der Waals surface area contributed by atoms with Gasteiger partial charge in [-0.25, -0.2) is 13.1 Å². The Morgan fingerprint density at radius 3 is 2.48 bits per heavy atom. The molecular formula is C20H24N2O4S. The Morgan fingerprint density at radius 2 is 1.78 bits per heavy atom. The van der Waals surface area contributed by atoms with Gasteiger partial charge in [-0.05, 0) is 36.6 Å². The zero-order valence-electron chi connectivity index (χ0n) is 15.4. The number of carbonyl (C=O) groups is 1. The Kier molecular flexibility index (Phi) is 5.82. The molecule has 0 aliphatic carbocycles. The molecule has 27 heavy (non-hydrogen) atoms. The molecule has 1 aliphatic heterocycles. The van der Waals surface area contributed by atoms with Crippen LogP contribution in [0.15, 0.2) is 48.5 Å². The van der Waals surface area contributed by atoms with E-state index in [9.17, 15) is 13.2 Å². The number of hydrogen-bond donors (Lipinski definition) is 2. The minimum Gasteiger partial charge on any atom is -0.480 e. The molecule has 2 aromatic rings. The molecule has 144 valence electrons. The van der Waals surface area contributed by atoms with Gasteiger partial charge >= 0.3 is 0 Å². The first kappa shape index (κ1) is 19.4. The van der Waals surface area contributed by atoms with E-state index in [1.807, 2.05) is 36.4 Å². The van der Waals surface area contributed by atoms with Crippen LogP contribution < -0.4 is 14.8 Å². The van der Waals surface area contributed by atoms with Crippen molar-refractivity contribution in [3.05, 3.63) is 65.2 Å². The molecule has 6 nitrogen and oxygen atoms in total. The Bertz CT molecular complexity index is 900. The number of fused-ring (bicyclic) bond motifs is 1. The summed E-state index contributed by atoms with van der Waals surface area (Å²) in [7, 11) is -3.43. The first-order valence-electron chi connectivity index (χ1n) is 8.93. The molecular weight excluding hydrogens is 364 g/mol. The van der Waals surface area contributed by atoms with Gasteiger partial charge < -0.3 is 10.1 Å². The number of carbonyl (C=O) groups excluding carboxylic acids is 1. The van der Waals surface area contributed by atoms with Crippen molar-refractivity contribution in [3.63, 3.8) is 0 Å². The molecule has 0 radical (unpaired) electrons. The Balaban J connectivity index is 1.63. The average molecular weight is 388 g/mol. The van der Waals surface area contributed by atoms with Crippen LogP contribution in [0, 0.1) is 0 Å². The molecule has 0 aromatic heterocycles. The molecule has 1 heterocycles. The zero-order valence-corrected chi connectivity index (χ0v) is 16.3. The van der Waals surface area contributed by atoms with Crippen LogP contribution in [0.1, 0.15) is 30.5 Å². The van der Waals surface area contributed by atoms with Crippen LogP contribution in [0.5, 0.6) is 5.75 Å². The topological polar surface area (TPSA) is 84.5 Å². The Labute approximate surface area is 160 Å². The number of ether oxygens (including phenoxy) is 1. The van der Waals surface area contributed by atoms with Crippen LogP contribution in [0.2, 0.25) is 0 Å². The minimum absolute atomic E-state index is 0.122. The second-order valence-corrected chi connectivity index (χ2v) is 8.69. The molecule has 0 saturated carbocycles. The number of hydrogen-bond acceptors (Lipinski definition) is 4. The lowest BCUT2D eigenvalue weighted by atomic mass is 10.1. The third-order valence-corrected chi connectivity index (χ3v) is 5.79. The number of rotatable bonds is 7. The maximum Gasteiger partial charge on any atom is 0.261 e. The van der Waals surface area contributed by atoms with Gasteiger partial charge in [0.05, 0.1) is 5.75 Å². The van der Waals surface area contributed by atoms with E-state index in [2.05, 4.69) is 10.0 Å². The van der Waals surface area contributed by atoms with Gasteiger partial charge in [0.1, 0.15) is 5.75 Å². The number of benzene rings is 2. The maximum absolute atomic E-state index is 12.5. The van der Waals surface area contributed by atoms with Gasteiger partial charge in [0, 0.05) is 19.0 Å². The molecule has 1 aliphatic rings. The summed E-state index contributed by atoms with van der Waals surface area (Å²) in [6.45, 7) is 3.81. The molecule has 2 aromatic carbocycles. The molecule has 0 fully saturated rings. The maximum atomic E-state index is 12.5. The van der Waals surface area contributed by atoms with Crippen molar-refractivity contribution >= 4 is 15.9 Å². The van der Waals surface area contributed by atoms with Crippen molar-refractivity contribution in [2.75, 3.05) is 0 Å². The van der Waals surface area contributed by atoms with Crippen molar-refractivity contribution < 1.29 is 17.9 Å². The highest BCUT2D eigenvalue weighted by Gasteiger charge is 2.28. The number of nitrogens with one attached hydrogen (secondary N) is 2. The van der Waals surface area contributed by atoms with Crippen LogP contribution in [-0.2, 0) is 33.5 Å². The van der Waals surface area contributed by atoms with Crippen molar-refractivity contribution in [1.82, 2.24) is 10.0 Å². The second-order valence-electron chi connectivity index (χ2n) is 6.94. The van der Waals surface area contributed by atoms with Crippen LogP contribution in [0.3, 0.4) is 0 Å². The van der Waals surface area contributed by atoms with E-state index in [4.69, 9.17) is 4.74 Å². The van der Waals surface area contributed by atoms with E-state index in [0.717, 1.165) is 16.9 Å². The van der Waals surface area contributed by atoms with Gasteiger partial charge in [-0.2, -0.15) is 0 Å². The van der Waals surface area contributed by atoms with E-state index in [-0.39, 0.29) is 24.2 Å². The standard InChI is InChI=1S/C20H24N2O4S/c1-14(2)22-27(24,25)13-17-9-4-3-8-16(17)12-21-20(23)19-11-15-7-5-6-10-18(15)26-19/h3-10,14,19,22H,11-13H2,1-2H3,(H,21,23)/t19-/m0/s1. The van der Waals surface area contributed by atoms with Crippen LogP contribution >= 0.6 is 0 Å². The smallest absolute Gasteiger partial charge is 0.261 e.